The summed E-state index contributed by atoms with van der Waals surface area (Å²) in [5.41, 5.74) is 0.198. The molecule has 0 bridgehead atoms. The predicted molar refractivity (Wildman–Crippen MR) is 124 cm³/mol. The Bertz CT molecular complexity index is 1210. The van der Waals surface area contributed by atoms with Crippen LogP contribution in [-0.4, -0.2) is 60.4 Å². The number of aliphatic hydroxyl groups is 2. The molecule has 0 fully saturated rings. The first-order valence-electron chi connectivity index (χ1n) is 10.2. The second-order valence-corrected chi connectivity index (χ2v) is 10.6. The molecule has 1 amide bonds. The monoisotopic (exact) mass is 531 g/mol. The van der Waals surface area contributed by atoms with Crippen LogP contribution in [0.25, 0.3) is 0 Å². The van der Waals surface area contributed by atoms with Gasteiger partial charge in [-0.05, 0) is 36.6 Å². The molecule has 2 aromatic rings. The summed E-state index contributed by atoms with van der Waals surface area (Å²) in [6.07, 6.45) is -2.25. The van der Waals surface area contributed by atoms with Crippen LogP contribution < -0.4 is 4.74 Å². The molecule has 0 saturated carbocycles. The van der Waals surface area contributed by atoms with Gasteiger partial charge in [0.05, 0.1) is 27.3 Å². The molecule has 2 N–H and O–H groups in total. The normalized spacial score (nSPS) is 16.4. The second kappa shape index (κ2) is 10.1. The predicted octanol–water partition coefficient (Wildman–Crippen LogP) is 3.20. The summed E-state index contributed by atoms with van der Waals surface area (Å²) in [4.78, 5) is 25.2. The third-order valence-corrected chi connectivity index (χ3v) is 7.55. The minimum Gasteiger partial charge on any atom is -0.491 e. The van der Waals surface area contributed by atoms with Crippen LogP contribution in [0.4, 0.5) is 0 Å². The number of carbonyl (C=O) groups excluding carboxylic acids is 2. The molecule has 2 unspecified atom stereocenters. The van der Waals surface area contributed by atoms with Crippen molar-refractivity contribution in [1.82, 2.24) is 4.31 Å². The molecule has 0 saturated heterocycles. The lowest BCUT2D eigenvalue weighted by Crippen LogP contribution is -2.33. The highest BCUT2D eigenvalue weighted by molar-refractivity contribution is 7.90. The van der Waals surface area contributed by atoms with Crippen molar-refractivity contribution in [1.29, 1.82) is 0 Å². The summed E-state index contributed by atoms with van der Waals surface area (Å²) in [5.74, 6) is -2.01. The molecule has 34 heavy (non-hydrogen) atoms. The van der Waals surface area contributed by atoms with Crippen molar-refractivity contribution in [3.8, 4) is 5.75 Å². The first kappa shape index (κ1) is 26.2. The van der Waals surface area contributed by atoms with Gasteiger partial charge >= 0.3 is 5.97 Å². The fraction of sp³-hybridized carbons (Fsp3) is 0.364. The first-order valence-corrected chi connectivity index (χ1v) is 12.4. The summed E-state index contributed by atoms with van der Waals surface area (Å²) < 4.78 is 37.3. The zero-order valence-corrected chi connectivity index (χ0v) is 20.8. The maximum atomic E-state index is 13.2. The molecule has 184 valence electrons. The quantitative estimate of drug-likeness (QED) is 0.496. The number of aliphatic hydroxyl groups excluding tert-OH is 2. The number of esters is 1. The van der Waals surface area contributed by atoms with Crippen LogP contribution in [0.2, 0.25) is 10.0 Å². The molecule has 0 aromatic heterocycles. The van der Waals surface area contributed by atoms with Gasteiger partial charge in [-0.1, -0.05) is 43.1 Å². The molecule has 0 spiro atoms. The Hall–Kier alpha value is -2.37. The van der Waals surface area contributed by atoms with Gasteiger partial charge in [0.2, 0.25) is 0 Å². The van der Waals surface area contributed by atoms with Crippen molar-refractivity contribution in [3.05, 3.63) is 57.1 Å². The van der Waals surface area contributed by atoms with Crippen molar-refractivity contribution in [2.75, 3.05) is 13.3 Å². The minimum absolute atomic E-state index is 0.0136. The third-order valence-electron chi connectivity index (χ3n) is 5.19. The standard InChI is InChI=1S/C22H23Cl2NO8S/c1-11(2)14-7-13(32-9-17(27)12(3)26)8-18-19(14)21(28)25(34(18,30)31)10-33-22(29)20-15(23)5-4-6-16(20)24/h4-8,11-12,17,26-27H,9-10H2,1-3H3. The molecule has 1 aliphatic rings. The van der Waals surface area contributed by atoms with E-state index in [1.165, 1.54) is 31.2 Å². The van der Waals surface area contributed by atoms with Crippen LogP contribution in [0.1, 0.15) is 53.0 Å². The highest BCUT2D eigenvalue weighted by atomic mass is 35.5. The molecule has 9 nitrogen and oxygen atoms in total. The van der Waals surface area contributed by atoms with Gasteiger partial charge in [0, 0.05) is 6.07 Å². The summed E-state index contributed by atoms with van der Waals surface area (Å²) in [5, 5.41) is 19.2. The van der Waals surface area contributed by atoms with Gasteiger partial charge in [0.15, 0.2) is 6.73 Å². The van der Waals surface area contributed by atoms with Crippen molar-refractivity contribution in [2.45, 2.75) is 43.8 Å². The van der Waals surface area contributed by atoms with Gasteiger partial charge in [-0.2, -0.15) is 4.31 Å². The number of amides is 1. The van der Waals surface area contributed by atoms with E-state index in [9.17, 15) is 28.2 Å². The maximum Gasteiger partial charge on any atom is 0.342 e. The van der Waals surface area contributed by atoms with E-state index in [1.54, 1.807) is 13.8 Å². The highest BCUT2D eigenvalue weighted by Crippen LogP contribution is 2.39. The van der Waals surface area contributed by atoms with E-state index in [-0.39, 0.29) is 44.3 Å². The number of hydrogen-bond donors (Lipinski definition) is 2. The lowest BCUT2D eigenvalue weighted by Gasteiger charge is -2.17. The van der Waals surface area contributed by atoms with Gasteiger partial charge in [-0.3, -0.25) is 4.79 Å². The molecule has 2 aromatic carbocycles. The number of ether oxygens (including phenoxy) is 2. The molecule has 0 radical (unpaired) electrons. The van der Waals surface area contributed by atoms with Crippen LogP contribution in [0.15, 0.2) is 35.2 Å². The van der Waals surface area contributed by atoms with E-state index in [2.05, 4.69) is 0 Å². The van der Waals surface area contributed by atoms with E-state index in [0.717, 1.165) is 6.07 Å². The van der Waals surface area contributed by atoms with Gasteiger partial charge < -0.3 is 19.7 Å². The number of hydrogen-bond acceptors (Lipinski definition) is 8. The first-order chi connectivity index (χ1) is 15.9. The lowest BCUT2D eigenvalue weighted by atomic mass is 9.96. The minimum atomic E-state index is -4.38. The molecule has 2 atom stereocenters. The number of rotatable bonds is 8. The SMILES string of the molecule is CC(C)c1cc(OCC(O)C(C)O)cc2c1C(=O)N(COC(=O)c1c(Cl)cccc1Cl)S2(=O)=O. The third kappa shape index (κ3) is 5.01. The smallest absolute Gasteiger partial charge is 0.342 e. The Morgan fingerprint density at radius 1 is 1.12 bits per heavy atom. The maximum absolute atomic E-state index is 13.2. The molecular weight excluding hydrogens is 509 g/mol. The number of benzene rings is 2. The molecular formula is C22H23Cl2NO8S. The molecule has 0 aliphatic carbocycles. The lowest BCUT2D eigenvalue weighted by molar-refractivity contribution is 0.00220. The highest BCUT2D eigenvalue weighted by Gasteiger charge is 2.44. The van der Waals surface area contributed by atoms with E-state index < -0.39 is 40.8 Å². The van der Waals surface area contributed by atoms with E-state index >= 15 is 0 Å². The van der Waals surface area contributed by atoms with Crippen LogP contribution in [0.3, 0.4) is 0 Å². The number of carbonyl (C=O) groups is 2. The van der Waals surface area contributed by atoms with Gasteiger partial charge in [0.25, 0.3) is 15.9 Å². The average Bonchev–Trinajstić information content (AvgIpc) is 2.94. The number of nitrogens with zero attached hydrogens (tertiary/aromatic N) is 1. The molecule has 3 rings (SSSR count). The molecule has 1 aliphatic heterocycles. The zero-order valence-electron chi connectivity index (χ0n) is 18.5. The number of fused-ring (bicyclic) bond motifs is 1. The van der Waals surface area contributed by atoms with Crippen molar-refractivity contribution < 1.29 is 37.7 Å². The van der Waals surface area contributed by atoms with Gasteiger partial charge in [-0.25, -0.2) is 13.2 Å². The van der Waals surface area contributed by atoms with Gasteiger partial charge in [-0.15, -0.1) is 0 Å². The van der Waals surface area contributed by atoms with Crippen LogP contribution in [0.5, 0.6) is 5.75 Å². The Balaban J connectivity index is 1.91. The number of halogens is 2. The fourth-order valence-corrected chi connectivity index (χ4v) is 5.28. The van der Waals surface area contributed by atoms with E-state index in [1.807, 2.05) is 0 Å². The second-order valence-electron chi connectivity index (χ2n) is 7.98. The molecule has 1 heterocycles. The topological polar surface area (TPSA) is 130 Å². The van der Waals surface area contributed by atoms with Crippen LogP contribution in [0, 0.1) is 0 Å². The van der Waals surface area contributed by atoms with Crippen molar-refractivity contribution in [2.24, 2.45) is 0 Å². The van der Waals surface area contributed by atoms with Crippen LogP contribution in [-0.2, 0) is 14.8 Å². The Morgan fingerprint density at radius 2 is 1.74 bits per heavy atom. The van der Waals surface area contributed by atoms with Gasteiger partial charge in [0.1, 0.15) is 23.4 Å². The van der Waals surface area contributed by atoms with E-state index in [0.29, 0.717) is 9.87 Å². The average molecular weight is 532 g/mol. The number of sulfonamides is 1. The summed E-state index contributed by atoms with van der Waals surface area (Å²) >= 11 is 12.0. The summed E-state index contributed by atoms with van der Waals surface area (Å²) in [7, 11) is -4.38. The van der Waals surface area contributed by atoms with Crippen LogP contribution >= 0.6 is 23.2 Å². The Morgan fingerprint density at radius 3 is 2.29 bits per heavy atom. The summed E-state index contributed by atoms with van der Waals surface area (Å²) in [6.45, 7) is 3.75. The van der Waals surface area contributed by atoms with Crippen molar-refractivity contribution in [3.63, 3.8) is 0 Å². The van der Waals surface area contributed by atoms with E-state index in [4.69, 9.17) is 32.7 Å². The van der Waals surface area contributed by atoms with Crippen molar-refractivity contribution >= 4 is 45.1 Å². The fourth-order valence-electron chi connectivity index (χ4n) is 3.27. The largest absolute Gasteiger partial charge is 0.491 e. The summed E-state index contributed by atoms with van der Waals surface area (Å²) in [6, 6.07) is 7.03. The Labute approximate surface area is 206 Å². The Kier molecular flexibility index (Phi) is 7.79. The molecule has 12 heteroatoms. The zero-order chi connectivity index (χ0) is 25.4.